The van der Waals surface area contributed by atoms with Gasteiger partial charge in [-0.1, -0.05) is 254 Å². The van der Waals surface area contributed by atoms with E-state index >= 15 is 0 Å². The van der Waals surface area contributed by atoms with E-state index in [1.807, 2.05) is 0 Å². The van der Waals surface area contributed by atoms with Gasteiger partial charge < -0.3 is 14.2 Å². The van der Waals surface area contributed by atoms with Crippen LogP contribution in [-0.2, 0) is 28.6 Å². The summed E-state index contributed by atoms with van der Waals surface area (Å²) in [6.07, 6.45) is 75.6. The number of ether oxygens (including phenoxy) is 3. The highest BCUT2D eigenvalue weighted by molar-refractivity contribution is 5.71. The van der Waals surface area contributed by atoms with Crippen LogP contribution in [-0.4, -0.2) is 37.2 Å². The average molecular weight is 976 g/mol. The van der Waals surface area contributed by atoms with E-state index in [-0.39, 0.29) is 31.1 Å². The fourth-order valence-electron chi connectivity index (χ4n) is 8.21. The van der Waals surface area contributed by atoms with Gasteiger partial charge in [0.05, 0.1) is 0 Å². The molecule has 0 spiro atoms. The summed E-state index contributed by atoms with van der Waals surface area (Å²) in [4.78, 5) is 38.2. The van der Waals surface area contributed by atoms with Crippen LogP contribution in [0, 0.1) is 0 Å². The zero-order chi connectivity index (χ0) is 50.7. The molecule has 0 fully saturated rings. The fraction of sp³-hybridized carbons (Fsp3) is 0.734. The molecule has 0 bridgehead atoms. The smallest absolute Gasteiger partial charge is 0.306 e. The second-order valence-electron chi connectivity index (χ2n) is 19.5. The van der Waals surface area contributed by atoms with Crippen LogP contribution in [0.3, 0.4) is 0 Å². The monoisotopic (exact) mass is 975 g/mol. The van der Waals surface area contributed by atoms with Crippen molar-refractivity contribution >= 4 is 17.9 Å². The van der Waals surface area contributed by atoms with Crippen molar-refractivity contribution in [2.45, 2.75) is 290 Å². The second kappa shape index (κ2) is 58.2. The minimum atomic E-state index is -0.789. The normalized spacial score (nSPS) is 12.7. The van der Waals surface area contributed by atoms with Gasteiger partial charge in [0.25, 0.3) is 0 Å². The summed E-state index contributed by atoms with van der Waals surface area (Å²) in [6, 6.07) is 0. The van der Waals surface area contributed by atoms with E-state index in [4.69, 9.17) is 14.2 Å². The molecule has 0 aliphatic rings. The van der Waals surface area contributed by atoms with E-state index < -0.39 is 6.10 Å². The molecule has 0 aromatic rings. The standard InChI is InChI=1S/C64H110O6/c1-4-7-10-13-16-19-22-25-28-30-32-34-36-39-42-45-48-51-54-57-63(66)69-60-61(59-68-62(65)56-53-50-47-44-41-38-27-24-21-18-15-12-9-6-3)70-64(67)58-55-52-49-46-43-40-37-35-33-31-29-26-23-20-17-14-11-8-5-2/h7,10,16-17,19-20,25-26,28-29,32-35,61H,4-6,8-9,11-15,18,21-24,27,30-31,36-60H2,1-3H3/b10-7-,19-16-,20-17-,28-25-,29-26-,34-32-,35-33-. The summed E-state index contributed by atoms with van der Waals surface area (Å²) in [5.74, 6) is -0.903. The molecule has 6 heteroatoms. The van der Waals surface area contributed by atoms with Crippen molar-refractivity contribution in [1.29, 1.82) is 0 Å². The van der Waals surface area contributed by atoms with E-state index in [0.717, 1.165) is 116 Å². The Balaban J connectivity index is 4.42. The SMILES string of the molecule is CC/C=C\C/C=C\C/C=C\C/C=C\CCCCCCCCC(=O)OCC(COC(=O)CCCCCCCCCCCCCCCC)OC(=O)CCCCCCCC/C=C\C/C=C\C/C=C\CCCCC. The van der Waals surface area contributed by atoms with Gasteiger partial charge in [0, 0.05) is 19.3 Å². The van der Waals surface area contributed by atoms with Crippen molar-refractivity contribution in [2.75, 3.05) is 13.2 Å². The first-order valence-corrected chi connectivity index (χ1v) is 29.6. The second-order valence-corrected chi connectivity index (χ2v) is 19.5. The van der Waals surface area contributed by atoms with E-state index in [1.54, 1.807) is 0 Å². The molecular weight excluding hydrogens is 865 g/mol. The third-order valence-corrected chi connectivity index (χ3v) is 12.6. The quantitative estimate of drug-likeness (QED) is 0.0261. The Hall–Kier alpha value is -3.41. The molecule has 0 radical (unpaired) electrons. The summed E-state index contributed by atoms with van der Waals surface area (Å²) < 4.78 is 16.9. The minimum absolute atomic E-state index is 0.0847. The highest BCUT2D eigenvalue weighted by Gasteiger charge is 2.19. The molecule has 6 nitrogen and oxygen atoms in total. The van der Waals surface area contributed by atoms with Gasteiger partial charge in [-0.15, -0.1) is 0 Å². The largest absolute Gasteiger partial charge is 0.462 e. The van der Waals surface area contributed by atoms with Crippen molar-refractivity contribution in [1.82, 2.24) is 0 Å². The average Bonchev–Trinajstić information content (AvgIpc) is 3.36. The highest BCUT2D eigenvalue weighted by Crippen LogP contribution is 2.16. The van der Waals surface area contributed by atoms with E-state index in [0.29, 0.717) is 19.3 Å². The molecular formula is C64H110O6. The Morgan fingerprint density at radius 1 is 0.300 bits per heavy atom. The number of hydrogen-bond donors (Lipinski definition) is 0. The van der Waals surface area contributed by atoms with Crippen LogP contribution in [0.1, 0.15) is 284 Å². The van der Waals surface area contributed by atoms with E-state index in [1.165, 1.54) is 128 Å². The van der Waals surface area contributed by atoms with Crippen molar-refractivity contribution in [3.63, 3.8) is 0 Å². The van der Waals surface area contributed by atoms with Gasteiger partial charge in [-0.05, 0) is 96.3 Å². The Bertz CT molecular complexity index is 1350. The molecule has 0 aliphatic heterocycles. The summed E-state index contributed by atoms with van der Waals surface area (Å²) >= 11 is 0. The molecule has 0 heterocycles. The first kappa shape index (κ1) is 66.6. The maximum absolute atomic E-state index is 12.9. The topological polar surface area (TPSA) is 78.9 Å². The number of hydrogen-bond acceptors (Lipinski definition) is 6. The molecule has 70 heavy (non-hydrogen) atoms. The maximum atomic E-state index is 12.9. The lowest BCUT2D eigenvalue weighted by molar-refractivity contribution is -0.167. The van der Waals surface area contributed by atoms with Crippen LogP contribution in [0.2, 0.25) is 0 Å². The third kappa shape index (κ3) is 55.5. The van der Waals surface area contributed by atoms with Crippen molar-refractivity contribution in [3.8, 4) is 0 Å². The van der Waals surface area contributed by atoms with Crippen LogP contribution in [0.5, 0.6) is 0 Å². The Morgan fingerprint density at radius 3 is 0.900 bits per heavy atom. The van der Waals surface area contributed by atoms with Gasteiger partial charge in [-0.3, -0.25) is 14.4 Å². The first-order valence-electron chi connectivity index (χ1n) is 29.6. The minimum Gasteiger partial charge on any atom is -0.462 e. The van der Waals surface area contributed by atoms with E-state index in [2.05, 4.69) is 106 Å². The molecule has 0 rings (SSSR count). The van der Waals surface area contributed by atoms with Crippen LogP contribution < -0.4 is 0 Å². The maximum Gasteiger partial charge on any atom is 0.306 e. The summed E-state index contributed by atoms with van der Waals surface area (Å²) in [5, 5.41) is 0. The van der Waals surface area contributed by atoms with Crippen molar-refractivity contribution < 1.29 is 28.6 Å². The summed E-state index contributed by atoms with van der Waals surface area (Å²) in [5.41, 5.74) is 0. The van der Waals surface area contributed by atoms with Gasteiger partial charge in [-0.25, -0.2) is 0 Å². The molecule has 1 atom stereocenters. The summed E-state index contributed by atoms with van der Waals surface area (Å²) in [6.45, 7) is 6.50. The number of esters is 3. The number of unbranched alkanes of at least 4 members (excludes halogenated alkanes) is 28. The van der Waals surface area contributed by atoms with Gasteiger partial charge in [0.15, 0.2) is 6.10 Å². The molecule has 0 N–H and O–H groups in total. The molecule has 0 saturated heterocycles. The lowest BCUT2D eigenvalue weighted by Gasteiger charge is -2.18. The molecule has 1 unspecified atom stereocenters. The molecule has 0 aromatic heterocycles. The number of rotatable bonds is 53. The fourth-order valence-corrected chi connectivity index (χ4v) is 8.21. The van der Waals surface area contributed by atoms with Gasteiger partial charge in [-0.2, -0.15) is 0 Å². The van der Waals surface area contributed by atoms with Crippen LogP contribution in [0.4, 0.5) is 0 Å². The van der Waals surface area contributed by atoms with Gasteiger partial charge >= 0.3 is 17.9 Å². The zero-order valence-electron chi connectivity index (χ0n) is 46.0. The first-order chi connectivity index (χ1) is 34.5. The molecule has 0 aliphatic carbocycles. The third-order valence-electron chi connectivity index (χ3n) is 12.6. The molecule has 0 saturated carbocycles. The predicted molar refractivity (Wildman–Crippen MR) is 302 cm³/mol. The molecule has 402 valence electrons. The lowest BCUT2D eigenvalue weighted by Crippen LogP contribution is -2.30. The number of carbonyl (C=O) groups excluding carboxylic acids is 3. The van der Waals surface area contributed by atoms with Gasteiger partial charge in [0.1, 0.15) is 13.2 Å². The van der Waals surface area contributed by atoms with E-state index in [9.17, 15) is 14.4 Å². The Kier molecular flexibility index (Phi) is 55.3. The lowest BCUT2D eigenvalue weighted by atomic mass is 10.0. The molecule has 0 aromatic carbocycles. The Morgan fingerprint density at radius 2 is 0.557 bits per heavy atom. The van der Waals surface area contributed by atoms with Gasteiger partial charge in [0.2, 0.25) is 0 Å². The molecule has 0 amide bonds. The summed E-state index contributed by atoms with van der Waals surface area (Å²) in [7, 11) is 0. The predicted octanol–water partition coefficient (Wildman–Crippen LogP) is 19.9. The highest BCUT2D eigenvalue weighted by atomic mass is 16.6. The van der Waals surface area contributed by atoms with Crippen LogP contribution >= 0.6 is 0 Å². The van der Waals surface area contributed by atoms with Crippen molar-refractivity contribution in [2.24, 2.45) is 0 Å². The van der Waals surface area contributed by atoms with Crippen molar-refractivity contribution in [3.05, 3.63) is 85.1 Å². The number of carbonyl (C=O) groups is 3. The van der Waals surface area contributed by atoms with Crippen LogP contribution in [0.15, 0.2) is 85.1 Å². The number of allylic oxidation sites excluding steroid dienone is 14. The Labute approximate surface area is 433 Å². The zero-order valence-corrected chi connectivity index (χ0v) is 46.0. The van der Waals surface area contributed by atoms with Crippen LogP contribution in [0.25, 0.3) is 0 Å².